The van der Waals surface area contributed by atoms with Crippen molar-refractivity contribution in [2.24, 2.45) is 0 Å². The van der Waals surface area contributed by atoms with Gasteiger partial charge in [0, 0.05) is 5.97 Å². The number of carboxylic acids is 1. The SMILES string of the molecule is CCCCC[C@@H](/C=C/C=C\C/C=C\C=C\[C@@H](O)CCCC(=O)[O-])OO. The Kier molecular flexibility index (Phi) is 16.0. The lowest BCUT2D eigenvalue weighted by atomic mass is 10.1. The molecule has 5 heteroatoms. The molecule has 2 N–H and O–H groups in total. The fourth-order valence-electron chi connectivity index (χ4n) is 2.10. The minimum absolute atomic E-state index is 0.0279. The minimum Gasteiger partial charge on any atom is -0.550 e. The molecular formula is C20H31O5-. The lowest BCUT2D eigenvalue weighted by Gasteiger charge is -2.07. The molecule has 0 saturated carbocycles. The Labute approximate surface area is 151 Å². The fraction of sp³-hybridized carbons (Fsp3) is 0.550. The van der Waals surface area contributed by atoms with E-state index in [-0.39, 0.29) is 12.5 Å². The molecule has 0 aliphatic rings. The van der Waals surface area contributed by atoms with Crippen molar-refractivity contribution in [1.29, 1.82) is 0 Å². The van der Waals surface area contributed by atoms with E-state index in [9.17, 15) is 15.0 Å². The van der Waals surface area contributed by atoms with Gasteiger partial charge in [0.05, 0.1) is 6.10 Å². The Morgan fingerprint density at radius 2 is 1.72 bits per heavy atom. The van der Waals surface area contributed by atoms with Gasteiger partial charge in [0.25, 0.3) is 0 Å². The number of carbonyl (C=O) groups excluding carboxylic acids is 1. The summed E-state index contributed by atoms with van der Waals surface area (Å²) in [5.74, 6) is -1.09. The Balaban J connectivity index is 3.87. The summed E-state index contributed by atoms with van der Waals surface area (Å²) < 4.78 is 0. The van der Waals surface area contributed by atoms with Crippen molar-refractivity contribution >= 4 is 5.97 Å². The molecule has 0 heterocycles. The van der Waals surface area contributed by atoms with Crippen molar-refractivity contribution in [1.82, 2.24) is 0 Å². The van der Waals surface area contributed by atoms with Crippen LogP contribution >= 0.6 is 0 Å². The van der Waals surface area contributed by atoms with Gasteiger partial charge in [-0.1, -0.05) is 74.8 Å². The van der Waals surface area contributed by atoms with Crippen molar-refractivity contribution in [3.63, 3.8) is 0 Å². The van der Waals surface area contributed by atoms with Gasteiger partial charge in [0.1, 0.15) is 6.10 Å². The summed E-state index contributed by atoms with van der Waals surface area (Å²) in [6.07, 6.45) is 19.5. The molecule has 0 spiro atoms. The normalized spacial score (nSPS) is 15.0. The van der Waals surface area contributed by atoms with E-state index in [0.29, 0.717) is 12.8 Å². The van der Waals surface area contributed by atoms with Crippen LogP contribution in [-0.2, 0) is 9.68 Å². The van der Waals surface area contributed by atoms with Crippen LogP contribution in [0.5, 0.6) is 0 Å². The minimum atomic E-state index is -1.09. The second kappa shape index (κ2) is 17.1. The maximum atomic E-state index is 10.2. The molecule has 2 atom stereocenters. The number of carbonyl (C=O) groups is 1. The van der Waals surface area contributed by atoms with Gasteiger partial charge < -0.3 is 15.0 Å². The lowest BCUT2D eigenvalue weighted by molar-refractivity contribution is -0.305. The van der Waals surface area contributed by atoms with Crippen LogP contribution in [0.1, 0.15) is 58.3 Å². The van der Waals surface area contributed by atoms with Crippen LogP contribution in [0.3, 0.4) is 0 Å². The largest absolute Gasteiger partial charge is 0.550 e. The Morgan fingerprint density at radius 3 is 2.32 bits per heavy atom. The summed E-state index contributed by atoms with van der Waals surface area (Å²) in [5, 5.41) is 28.7. The summed E-state index contributed by atoms with van der Waals surface area (Å²) in [6.45, 7) is 2.13. The molecule has 25 heavy (non-hydrogen) atoms. The van der Waals surface area contributed by atoms with Gasteiger partial charge in [0.15, 0.2) is 0 Å². The van der Waals surface area contributed by atoms with E-state index in [1.165, 1.54) is 0 Å². The van der Waals surface area contributed by atoms with E-state index in [0.717, 1.165) is 32.1 Å². The van der Waals surface area contributed by atoms with Gasteiger partial charge in [-0.05, 0) is 32.1 Å². The van der Waals surface area contributed by atoms with Crippen LogP contribution in [-0.4, -0.2) is 28.5 Å². The molecule has 0 saturated heterocycles. The zero-order valence-corrected chi connectivity index (χ0v) is 15.0. The second-order valence-electron chi connectivity index (χ2n) is 5.83. The monoisotopic (exact) mass is 351 g/mol. The van der Waals surface area contributed by atoms with E-state index in [1.54, 1.807) is 12.2 Å². The molecule has 0 bridgehead atoms. The first-order valence-corrected chi connectivity index (χ1v) is 8.95. The number of aliphatic hydroxyl groups excluding tert-OH is 1. The van der Waals surface area contributed by atoms with Gasteiger partial charge in [-0.15, -0.1) is 0 Å². The van der Waals surface area contributed by atoms with E-state index in [2.05, 4.69) is 11.8 Å². The summed E-state index contributed by atoms with van der Waals surface area (Å²) in [5.41, 5.74) is 0. The fourth-order valence-corrected chi connectivity index (χ4v) is 2.10. The molecule has 0 radical (unpaired) electrons. The van der Waals surface area contributed by atoms with Crippen LogP contribution in [0, 0.1) is 0 Å². The van der Waals surface area contributed by atoms with Gasteiger partial charge in [-0.25, -0.2) is 4.89 Å². The molecule has 0 amide bonds. The van der Waals surface area contributed by atoms with Crippen molar-refractivity contribution < 1.29 is 25.2 Å². The molecule has 0 aliphatic heterocycles. The van der Waals surface area contributed by atoms with Gasteiger partial charge >= 0.3 is 0 Å². The zero-order valence-electron chi connectivity index (χ0n) is 15.0. The maximum Gasteiger partial charge on any atom is 0.111 e. The molecule has 0 aromatic heterocycles. The third-order valence-corrected chi connectivity index (χ3v) is 3.53. The van der Waals surface area contributed by atoms with E-state index in [1.807, 2.05) is 36.5 Å². The summed E-state index contributed by atoms with van der Waals surface area (Å²) in [6, 6.07) is 0. The average molecular weight is 351 g/mol. The third kappa shape index (κ3) is 16.9. The van der Waals surface area contributed by atoms with E-state index in [4.69, 9.17) is 5.26 Å². The Bertz CT molecular complexity index is 437. The summed E-state index contributed by atoms with van der Waals surface area (Å²) >= 11 is 0. The van der Waals surface area contributed by atoms with Crippen LogP contribution in [0.15, 0.2) is 48.6 Å². The van der Waals surface area contributed by atoms with E-state index >= 15 is 0 Å². The predicted molar refractivity (Wildman–Crippen MR) is 97.7 cm³/mol. The number of unbranched alkanes of at least 4 members (excludes halogenated alkanes) is 2. The standard InChI is InChI=1S/C20H32O5/c1-2-3-9-15-19(25-24)16-11-8-6-4-5-7-10-13-18(21)14-12-17-20(22)23/h5-8,10-11,13,16,18-19,21,24H,2-4,9,12,14-15,17H2,1H3,(H,22,23)/p-1/b7-5-,8-6-,13-10+,16-11+/t18-,19+/m1/s1. The first kappa shape index (κ1) is 23.3. The molecule has 0 aromatic rings. The van der Waals surface area contributed by atoms with Crippen LogP contribution < -0.4 is 5.11 Å². The Hall–Kier alpha value is -1.69. The topological polar surface area (TPSA) is 89.8 Å². The second-order valence-corrected chi connectivity index (χ2v) is 5.83. The molecule has 0 unspecified atom stereocenters. The third-order valence-electron chi connectivity index (χ3n) is 3.53. The van der Waals surface area contributed by atoms with Gasteiger partial charge in [0.2, 0.25) is 0 Å². The van der Waals surface area contributed by atoms with Crippen molar-refractivity contribution in [2.75, 3.05) is 0 Å². The lowest BCUT2D eigenvalue weighted by Crippen LogP contribution is -2.22. The number of hydrogen-bond acceptors (Lipinski definition) is 5. The predicted octanol–water partition coefficient (Wildman–Crippen LogP) is 3.32. The molecule has 0 fully saturated rings. The summed E-state index contributed by atoms with van der Waals surface area (Å²) in [4.78, 5) is 14.7. The van der Waals surface area contributed by atoms with Crippen molar-refractivity contribution in [2.45, 2.75) is 70.5 Å². The number of hydrogen-bond donors (Lipinski definition) is 2. The molecule has 5 nitrogen and oxygen atoms in total. The Morgan fingerprint density at radius 1 is 1.04 bits per heavy atom. The molecule has 0 rings (SSSR count). The highest BCUT2D eigenvalue weighted by molar-refractivity contribution is 5.64. The highest BCUT2D eigenvalue weighted by Gasteiger charge is 2.02. The molecule has 0 aromatic carbocycles. The number of carboxylic acid groups (broad SMARTS) is 1. The number of aliphatic hydroxyl groups is 1. The average Bonchev–Trinajstić information content (AvgIpc) is 2.58. The van der Waals surface area contributed by atoms with Gasteiger partial charge in [-0.3, -0.25) is 5.26 Å². The smallest absolute Gasteiger partial charge is 0.111 e. The molecular weight excluding hydrogens is 320 g/mol. The molecule has 142 valence electrons. The number of rotatable bonds is 15. The van der Waals surface area contributed by atoms with Crippen molar-refractivity contribution in [3.05, 3.63) is 48.6 Å². The zero-order chi connectivity index (χ0) is 18.8. The van der Waals surface area contributed by atoms with E-state index < -0.39 is 12.1 Å². The van der Waals surface area contributed by atoms with Crippen LogP contribution in [0.2, 0.25) is 0 Å². The first-order chi connectivity index (χ1) is 12.1. The van der Waals surface area contributed by atoms with Crippen molar-refractivity contribution in [3.8, 4) is 0 Å². The summed E-state index contributed by atoms with van der Waals surface area (Å²) in [7, 11) is 0. The van der Waals surface area contributed by atoms with Gasteiger partial charge in [-0.2, -0.15) is 0 Å². The number of aliphatic carboxylic acids is 1. The highest BCUT2D eigenvalue weighted by atomic mass is 17.1. The van der Waals surface area contributed by atoms with Crippen LogP contribution in [0.25, 0.3) is 0 Å². The highest BCUT2D eigenvalue weighted by Crippen LogP contribution is 2.07. The number of allylic oxidation sites excluding steroid dienone is 6. The van der Waals surface area contributed by atoms with Crippen LogP contribution in [0.4, 0.5) is 0 Å². The first-order valence-electron chi connectivity index (χ1n) is 8.95. The maximum absolute atomic E-state index is 10.2. The molecule has 0 aliphatic carbocycles. The quantitative estimate of drug-likeness (QED) is 0.204.